The van der Waals surface area contributed by atoms with Crippen LogP contribution in [0.25, 0.3) is 0 Å². The van der Waals surface area contributed by atoms with Crippen LogP contribution in [0.1, 0.15) is 38.3 Å². The molecule has 5 nitrogen and oxygen atoms in total. The van der Waals surface area contributed by atoms with Gasteiger partial charge in [0, 0.05) is 30.5 Å². The largest absolute Gasteiger partial charge is 0.411 e. The number of ether oxygens (including phenoxy) is 2. The van der Waals surface area contributed by atoms with E-state index in [1.165, 1.54) is 0 Å². The first kappa shape index (κ1) is 25.2. The van der Waals surface area contributed by atoms with Crippen molar-refractivity contribution < 1.29 is 22.6 Å². The quantitative estimate of drug-likeness (QED) is 0.308. The molecule has 3 atom stereocenters. The fraction of sp³-hybridized carbons (Fsp3) is 0.667. The van der Waals surface area contributed by atoms with Crippen molar-refractivity contribution in [3.63, 3.8) is 0 Å². The summed E-state index contributed by atoms with van der Waals surface area (Å²) < 4.78 is 47.0. The molecule has 2 fully saturated rings. The Morgan fingerprint density at radius 2 is 1.90 bits per heavy atom. The fourth-order valence-corrected chi connectivity index (χ4v) is 4.28. The number of hydrogen-bond acceptors (Lipinski definition) is 3. The normalized spacial score (nSPS) is 25.1. The van der Waals surface area contributed by atoms with Crippen molar-refractivity contribution in [1.82, 2.24) is 10.6 Å². The molecule has 2 aliphatic rings. The summed E-state index contributed by atoms with van der Waals surface area (Å²) in [7, 11) is 0. The molecule has 9 heteroatoms. The smallest absolute Gasteiger partial charge is 0.377 e. The Labute approximate surface area is 193 Å². The van der Waals surface area contributed by atoms with E-state index in [9.17, 15) is 13.2 Å². The Bertz CT molecular complexity index is 710. The number of nitrogens with one attached hydrogen (secondary N) is 2. The van der Waals surface area contributed by atoms with Gasteiger partial charge in [-0.2, -0.15) is 13.2 Å². The van der Waals surface area contributed by atoms with Gasteiger partial charge in [-0.3, -0.25) is 0 Å². The molecule has 0 amide bonds. The summed E-state index contributed by atoms with van der Waals surface area (Å²) in [6.45, 7) is 7.25. The van der Waals surface area contributed by atoms with E-state index in [0.717, 1.165) is 31.1 Å². The Morgan fingerprint density at radius 3 is 2.53 bits per heavy atom. The van der Waals surface area contributed by atoms with Gasteiger partial charge in [-0.25, -0.2) is 4.99 Å². The highest BCUT2D eigenvalue weighted by atomic mass is 127. The molecule has 170 valence electrons. The van der Waals surface area contributed by atoms with Crippen molar-refractivity contribution >= 4 is 29.9 Å². The standard InChI is InChI=1S/C21H30F3N3O2.HI/c1-4-25-19(27-17-16-9-10-29-18(16)20(17,2)3)26-11-14-5-7-15(8-6-14)12-28-13-21(22,23)24;/h5-8,16-18H,4,9-13H2,1-3H3,(H2,25,26,27);1H. The minimum absolute atomic E-state index is 0. The van der Waals surface area contributed by atoms with Crippen molar-refractivity contribution in [1.29, 1.82) is 0 Å². The Balaban J connectivity index is 0.00000320. The summed E-state index contributed by atoms with van der Waals surface area (Å²) in [5.41, 5.74) is 1.75. The first-order valence-electron chi connectivity index (χ1n) is 10.1. The second kappa shape index (κ2) is 10.5. The van der Waals surface area contributed by atoms with Crippen LogP contribution < -0.4 is 10.6 Å². The molecule has 1 aliphatic heterocycles. The first-order valence-corrected chi connectivity index (χ1v) is 10.1. The molecule has 1 aliphatic carbocycles. The predicted molar refractivity (Wildman–Crippen MR) is 121 cm³/mol. The van der Waals surface area contributed by atoms with Crippen LogP contribution in [0.15, 0.2) is 29.3 Å². The maximum atomic E-state index is 12.1. The van der Waals surface area contributed by atoms with Crippen LogP contribution in [0, 0.1) is 11.3 Å². The maximum absolute atomic E-state index is 12.1. The van der Waals surface area contributed by atoms with Crippen molar-refractivity contribution in [3.05, 3.63) is 35.4 Å². The van der Waals surface area contributed by atoms with Gasteiger partial charge in [0.05, 0.1) is 19.3 Å². The topological polar surface area (TPSA) is 54.9 Å². The molecule has 3 unspecified atom stereocenters. The third-order valence-electron chi connectivity index (χ3n) is 5.71. The lowest BCUT2D eigenvalue weighted by Crippen LogP contribution is -2.67. The van der Waals surface area contributed by atoms with Crippen molar-refractivity contribution in [3.8, 4) is 0 Å². The van der Waals surface area contributed by atoms with Crippen LogP contribution in [0.4, 0.5) is 13.2 Å². The molecule has 1 aromatic rings. The molecule has 1 heterocycles. The average Bonchev–Trinajstić information content (AvgIpc) is 3.11. The number of benzene rings is 1. The monoisotopic (exact) mass is 541 g/mol. The van der Waals surface area contributed by atoms with Crippen molar-refractivity contribution in [2.24, 2.45) is 16.3 Å². The van der Waals surface area contributed by atoms with Crippen molar-refractivity contribution in [2.75, 3.05) is 19.8 Å². The van der Waals surface area contributed by atoms with Crippen LogP contribution in [0.2, 0.25) is 0 Å². The van der Waals surface area contributed by atoms with Crippen LogP contribution >= 0.6 is 24.0 Å². The van der Waals surface area contributed by atoms with Gasteiger partial charge in [-0.1, -0.05) is 38.1 Å². The molecule has 0 bridgehead atoms. The van der Waals surface area contributed by atoms with Gasteiger partial charge in [-0.15, -0.1) is 24.0 Å². The second-order valence-corrected chi connectivity index (χ2v) is 8.31. The summed E-state index contributed by atoms with van der Waals surface area (Å²) in [4.78, 5) is 4.68. The van der Waals surface area contributed by atoms with E-state index in [4.69, 9.17) is 4.74 Å². The van der Waals surface area contributed by atoms with Crippen LogP contribution in [0.3, 0.4) is 0 Å². The Hall–Kier alpha value is -1.07. The predicted octanol–water partition coefficient (Wildman–Crippen LogP) is 4.25. The highest BCUT2D eigenvalue weighted by Gasteiger charge is 2.59. The number of alkyl halides is 3. The van der Waals surface area contributed by atoms with Gasteiger partial charge in [0.1, 0.15) is 6.61 Å². The molecule has 1 saturated heterocycles. The van der Waals surface area contributed by atoms with Crippen LogP contribution in [0.5, 0.6) is 0 Å². The number of halogens is 4. The number of hydrogen-bond donors (Lipinski definition) is 2. The van der Waals surface area contributed by atoms with E-state index in [2.05, 4.69) is 34.2 Å². The maximum Gasteiger partial charge on any atom is 0.411 e. The third kappa shape index (κ3) is 6.23. The molecule has 0 aromatic heterocycles. The van der Waals surface area contributed by atoms with E-state index in [-0.39, 0.29) is 36.0 Å². The molecule has 0 spiro atoms. The first-order chi connectivity index (χ1) is 13.7. The molecule has 2 N–H and O–H groups in total. The highest BCUT2D eigenvalue weighted by molar-refractivity contribution is 14.0. The number of nitrogens with zero attached hydrogens (tertiary/aromatic N) is 1. The zero-order valence-corrected chi connectivity index (χ0v) is 19.9. The van der Waals surface area contributed by atoms with E-state index in [0.29, 0.717) is 30.2 Å². The van der Waals surface area contributed by atoms with E-state index in [1.54, 1.807) is 12.1 Å². The highest BCUT2D eigenvalue weighted by Crippen LogP contribution is 2.52. The van der Waals surface area contributed by atoms with Crippen LogP contribution in [-0.4, -0.2) is 44.0 Å². The molecule has 1 aromatic carbocycles. The summed E-state index contributed by atoms with van der Waals surface area (Å²) in [5.74, 6) is 1.29. The SMILES string of the molecule is CCNC(=NCc1ccc(COCC(F)(F)F)cc1)NC1C2CCOC2C1(C)C.I. The summed E-state index contributed by atoms with van der Waals surface area (Å²) in [6.07, 6.45) is -2.91. The van der Waals surface area contributed by atoms with Crippen molar-refractivity contribution in [2.45, 2.75) is 58.7 Å². The molecule has 0 radical (unpaired) electrons. The summed E-state index contributed by atoms with van der Waals surface area (Å²) in [6, 6.07) is 7.61. The number of aliphatic imine (C=N–C) groups is 1. The molecule has 3 rings (SSSR count). The van der Waals surface area contributed by atoms with Gasteiger partial charge in [0.25, 0.3) is 0 Å². The third-order valence-corrected chi connectivity index (χ3v) is 5.71. The lowest BCUT2D eigenvalue weighted by atomic mass is 9.57. The van der Waals surface area contributed by atoms with Gasteiger partial charge >= 0.3 is 6.18 Å². The lowest BCUT2D eigenvalue weighted by molar-refractivity contribution is -0.176. The fourth-order valence-electron chi connectivity index (χ4n) is 4.28. The number of fused-ring (bicyclic) bond motifs is 1. The summed E-state index contributed by atoms with van der Waals surface area (Å²) >= 11 is 0. The van der Waals surface area contributed by atoms with Gasteiger partial charge in [-0.05, 0) is 24.5 Å². The van der Waals surface area contributed by atoms with E-state index >= 15 is 0 Å². The van der Waals surface area contributed by atoms with Crippen LogP contribution in [-0.2, 0) is 22.6 Å². The number of rotatable bonds is 7. The molecular formula is C21H31F3IN3O2. The van der Waals surface area contributed by atoms with E-state index < -0.39 is 12.8 Å². The van der Waals surface area contributed by atoms with E-state index in [1.807, 2.05) is 19.1 Å². The lowest BCUT2D eigenvalue weighted by Gasteiger charge is -2.54. The average molecular weight is 541 g/mol. The molecular weight excluding hydrogens is 510 g/mol. The Morgan fingerprint density at radius 1 is 1.23 bits per heavy atom. The number of guanidine groups is 1. The Kier molecular flexibility index (Phi) is 8.81. The van der Waals surface area contributed by atoms with Gasteiger partial charge in [0.15, 0.2) is 5.96 Å². The molecule has 30 heavy (non-hydrogen) atoms. The second-order valence-electron chi connectivity index (χ2n) is 8.31. The minimum Gasteiger partial charge on any atom is -0.377 e. The zero-order chi connectivity index (χ0) is 21.1. The summed E-state index contributed by atoms with van der Waals surface area (Å²) in [5, 5.41) is 6.87. The molecule has 1 saturated carbocycles. The van der Waals surface area contributed by atoms with Gasteiger partial charge < -0.3 is 20.1 Å². The minimum atomic E-state index is -4.30. The van der Waals surface area contributed by atoms with Gasteiger partial charge in [0.2, 0.25) is 0 Å². The zero-order valence-electron chi connectivity index (χ0n) is 17.6.